The molecule has 1 aliphatic rings. The molecule has 13 heteroatoms. The summed E-state index contributed by atoms with van der Waals surface area (Å²) >= 11 is 11.7. The minimum absolute atomic E-state index is 0.00362. The van der Waals surface area contributed by atoms with Crippen molar-refractivity contribution in [2.45, 2.75) is 6.92 Å². The second-order valence-electron chi connectivity index (χ2n) is 8.42. The Morgan fingerprint density at radius 1 is 0.897 bits per heavy atom. The molecular weight excluding hydrogens is 563 g/mol. The average molecular weight is 585 g/mol. The zero-order chi connectivity index (χ0) is 28.3. The Balaban J connectivity index is 1.36. The van der Waals surface area contributed by atoms with E-state index in [-0.39, 0.29) is 31.3 Å². The molecule has 0 atom stereocenters. The van der Waals surface area contributed by atoms with Gasteiger partial charge in [0.2, 0.25) is 5.82 Å². The normalized spacial score (nSPS) is 13.3. The molecule has 2 N–H and O–H groups in total. The van der Waals surface area contributed by atoms with Crippen LogP contribution in [0.15, 0.2) is 42.5 Å². The molecule has 3 aromatic rings. The molecule has 1 heterocycles. The number of hydrogen-bond donors (Lipinski definition) is 2. The van der Waals surface area contributed by atoms with E-state index in [9.17, 15) is 26.7 Å². The molecule has 0 radical (unpaired) electrons. The largest absolute Gasteiger partial charge is 0.494 e. The summed E-state index contributed by atoms with van der Waals surface area (Å²) in [6.45, 7) is 2.78. The second-order valence-corrected chi connectivity index (χ2v) is 9.24. The summed E-state index contributed by atoms with van der Waals surface area (Å²) in [5.41, 5.74) is 0.544. The van der Waals surface area contributed by atoms with E-state index in [0.717, 1.165) is 4.90 Å². The highest BCUT2D eigenvalue weighted by Crippen LogP contribution is 2.33. The third kappa shape index (κ3) is 6.17. The third-order valence-electron chi connectivity index (χ3n) is 5.98. The van der Waals surface area contributed by atoms with Crippen molar-refractivity contribution < 1.29 is 31.5 Å². The van der Waals surface area contributed by atoms with Crippen LogP contribution in [-0.2, 0) is 0 Å². The molecule has 0 unspecified atom stereocenters. The van der Waals surface area contributed by atoms with Gasteiger partial charge in [0.1, 0.15) is 11.4 Å². The van der Waals surface area contributed by atoms with Crippen molar-refractivity contribution in [2.75, 3.05) is 47.9 Å². The van der Waals surface area contributed by atoms with Crippen LogP contribution in [0.5, 0.6) is 5.75 Å². The second kappa shape index (κ2) is 12.0. The molecular formula is C26H22ClF5N4O2S. The molecule has 0 saturated carbocycles. The molecule has 39 heavy (non-hydrogen) atoms. The first-order valence-corrected chi connectivity index (χ1v) is 12.5. The van der Waals surface area contributed by atoms with Crippen molar-refractivity contribution in [3.8, 4) is 5.75 Å². The summed E-state index contributed by atoms with van der Waals surface area (Å²) < 4.78 is 74.4. The minimum atomic E-state index is -2.19. The lowest BCUT2D eigenvalue weighted by Gasteiger charge is -2.38. The quantitative estimate of drug-likeness (QED) is 0.163. The topological polar surface area (TPSA) is 56.8 Å². The van der Waals surface area contributed by atoms with E-state index in [4.69, 9.17) is 28.6 Å². The molecule has 1 fully saturated rings. The average Bonchev–Trinajstić information content (AvgIpc) is 2.92. The van der Waals surface area contributed by atoms with Gasteiger partial charge in [-0.25, -0.2) is 22.0 Å². The van der Waals surface area contributed by atoms with Crippen molar-refractivity contribution in [3.63, 3.8) is 0 Å². The number of amides is 1. The molecule has 0 aliphatic carbocycles. The first-order chi connectivity index (χ1) is 18.6. The first-order valence-electron chi connectivity index (χ1n) is 11.8. The number of hydrogen-bond acceptors (Lipinski definition) is 5. The van der Waals surface area contributed by atoms with E-state index in [1.165, 1.54) is 0 Å². The highest BCUT2D eigenvalue weighted by Gasteiger charge is 2.31. The Morgan fingerprint density at radius 3 is 2.03 bits per heavy atom. The van der Waals surface area contributed by atoms with Crippen molar-refractivity contribution in [1.82, 2.24) is 5.32 Å². The number of nitrogens with one attached hydrogen (secondary N) is 2. The van der Waals surface area contributed by atoms with E-state index in [1.807, 2.05) is 11.8 Å². The maximum Gasteiger partial charge on any atom is 0.257 e. The number of ether oxygens (including phenoxy) is 1. The Hall–Kier alpha value is -3.64. The summed E-state index contributed by atoms with van der Waals surface area (Å²) in [5.74, 6) is -9.65. The summed E-state index contributed by atoms with van der Waals surface area (Å²) in [6, 6.07) is 11.5. The number of carbonyl (C=O) groups is 1. The highest BCUT2D eigenvalue weighted by atomic mass is 35.5. The maximum absolute atomic E-state index is 14.2. The van der Waals surface area contributed by atoms with Crippen LogP contribution >= 0.6 is 23.8 Å². The maximum atomic E-state index is 14.2. The van der Waals surface area contributed by atoms with E-state index in [1.54, 1.807) is 42.5 Å². The van der Waals surface area contributed by atoms with E-state index < -0.39 is 40.7 Å². The number of halogens is 6. The summed E-state index contributed by atoms with van der Waals surface area (Å²) in [7, 11) is 0. The predicted octanol–water partition coefficient (Wildman–Crippen LogP) is 5.89. The van der Waals surface area contributed by atoms with E-state index >= 15 is 0 Å². The zero-order valence-corrected chi connectivity index (χ0v) is 22.0. The van der Waals surface area contributed by atoms with Gasteiger partial charge in [-0.2, -0.15) is 0 Å². The number of piperazine rings is 1. The molecule has 1 aliphatic heterocycles. The molecule has 3 aromatic carbocycles. The lowest BCUT2D eigenvalue weighted by molar-refractivity contribution is 0.0977. The SMILES string of the molecule is CCOc1ccc(C(=O)NC(=S)Nc2ccc(N3CCN(c4c(F)c(F)c(F)c(F)c4F)CC3)c(Cl)c2)cc1. The van der Waals surface area contributed by atoms with Crippen molar-refractivity contribution in [1.29, 1.82) is 0 Å². The van der Waals surface area contributed by atoms with Gasteiger partial charge in [-0.05, 0) is 61.6 Å². The van der Waals surface area contributed by atoms with Gasteiger partial charge in [0.15, 0.2) is 28.4 Å². The van der Waals surface area contributed by atoms with E-state index in [2.05, 4.69) is 10.6 Å². The first kappa shape index (κ1) is 28.4. The van der Waals surface area contributed by atoms with Gasteiger partial charge in [0, 0.05) is 37.4 Å². The van der Waals surface area contributed by atoms with Crippen molar-refractivity contribution in [2.24, 2.45) is 0 Å². The van der Waals surface area contributed by atoms with E-state index in [0.29, 0.717) is 34.3 Å². The molecule has 0 spiro atoms. The molecule has 1 saturated heterocycles. The lowest BCUT2D eigenvalue weighted by Crippen LogP contribution is -2.47. The van der Waals surface area contributed by atoms with Gasteiger partial charge in [-0.3, -0.25) is 10.1 Å². The van der Waals surface area contributed by atoms with Crippen LogP contribution < -0.4 is 25.2 Å². The Morgan fingerprint density at radius 2 is 1.46 bits per heavy atom. The fourth-order valence-corrected chi connectivity index (χ4v) is 4.60. The standard InChI is InChI=1S/C26H22ClF5N4O2S/c1-2-38-16-6-3-14(4-7-16)25(37)34-26(39)33-15-5-8-18(17(27)13-15)35-9-11-36(12-10-35)24-22(31)20(29)19(28)21(30)23(24)32/h3-8,13H,2,9-12H2,1H3,(H2,33,34,37,39). The molecule has 4 rings (SSSR count). The van der Waals surface area contributed by atoms with Gasteiger partial charge < -0.3 is 19.9 Å². The Kier molecular flexibility index (Phi) is 8.76. The number of carbonyl (C=O) groups excluding carboxylic acids is 1. The van der Waals surface area contributed by atoms with Crippen LogP contribution in [0.1, 0.15) is 17.3 Å². The van der Waals surface area contributed by atoms with Gasteiger partial charge >= 0.3 is 0 Å². The smallest absolute Gasteiger partial charge is 0.257 e. The monoisotopic (exact) mass is 584 g/mol. The number of rotatable bonds is 6. The number of benzene rings is 3. The van der Waals surface area contributed by atoms with Crippen LogP contribution in [0.25, 0.3) is 0 Å². The molecule has 206 valence electrons. The molecule has 6 nitrogen and oxygen atoms in total. The van der Waals surface area contributed by atoms with Crippen LogP contribution in [0.2, 0.25) is 5.02 Å². The van der Waals surface area contributed by atoms with Gasteiger partial charge in [-0.1, -0.05) is 11.6 Å². The molecule has 1 amide bonds. The Labute approximate surface area is 231 Å². The summed E-state index contributed by atoms with van der Waals surface area (Å²) in [6.07, 6.45) is 0. The van der Waals surface area contributed by atoms with Gasteiger partial charge in [0.25, 0.3) is 5.91 Å². The van der Waals surface area contributed by atoms with Crippen molar-refractivity contribution in [3.05, 3.63) is 82.1 Å². The Bertz CT molecular complexity index is 1370. The summed E-state index contributed by atoms with van der Waals surface area (Å²) in [4.78, 5) is 15.4. The van der Waals surface area contributed by atoms with Crippen LogP contribution in [0, 0.1) is 29.1 Å². The molecule has 0 aromatic heterocycles. The number of thiocarbonyl (C=S) groups is 1. The summed E-state index contributed by atoms with van der Waals surface area (Å²) in [5, 5.41) is 5.83. The minimum Gasteiger partial charge on any atom is -0.494 e. The third-order valence-corrected chi connectivity index (χ3v) is 6.49. The zero-order valence-electron chi connectivity index (χ0n) is 20.5. The van der Waals surface area contributed by atoms with Crippen molar-refractivity contribution >= 4 is 51.9 Å². The highest BCUT2D eigenvalue weighted by molar-refractivity contribution is 7.80. The number of anilines is 3. The fourth-order valence-electron chi connectivity index (χ4n) is 4.09. The van der Waals surface area contributed by atoms with Crippen LogP contribution in [0.4, 0.5) is 39.0 Å². The molecule has 0 bridgehead atoms. The predicted molar refractivity (Wildman–Crippen MR) is 143 cm³/mol. The van der Waals surface area contributed by atoms with Crippen LogP contribution in [-0.4, -0.2) is 43.8 Å². The van der Waals surface area contributed by atoms with Gasteiger partial charge in [0.05, 0.1) is 17.3 Å². The van der Waals surface area contributed by atoms with Crippen LogP contribution in [0.3, 0.4) is 0 Å². The lowest BCUT2D eigenvalue weighted by atomic mass is 10.2. The number of nitrogens with zero attached hydrogens (tertiary/aromatic N) is 2. The van der Waals surface area contributed by atoms with Gasteiger partial charge in [-0.15, -0.1) is 0 Å². The fraction of sp³-hybridized carbons (Fsp3) is 0.231.